The Bertz CT molecular complexity index is 516. The molecule has 0 spiro atoms. The summed E-state index contributed by atoms with van der Waals surface area (Å²) < 4.78 is 5.51. The van der Waals surface area contributed by atoms with Crippen molar-refractivity contribution in [1.82, 2.24) is 5.32 Å². The van der Waals surface area contributed by atoms with Gasteiger partial charge in [0, 0.05) is 12.5 Å². The molecular formula is C15H19NO2S. The van der Waals surface area contributed by atoms with E-state index in [1.807, 2.05) is 42.8 Å². The molecule has 2 aromatic rings. The van der Waals surface area contributed by atoms with Gasteiger partial charge in [0.15, 0.2) is 0 Å². The fourth-order valence-electron chi connectivity index (χ4n) is 1.95. The molecule has 0 bridgehead atoms. The van der Waals surface area contributed by atoms with E-state index in [1.165, 1.54) is 0 Å². The number of hydrogen-bond acceptors (Lipinski definition) is 3. The van der Waals surface area contributed by atoms with Crippen molar-refractivity contribution in [2.24, 2.45) is 0 Å². The second-order valence-electron chi connectivity index (χ2n) is 4.83. The summed E-state index contributed by atoms with van der Waals surface area (Å²) in [4.78, 5) is 11.8. The molecule has 0 radical (unpaired) electrons. The summed E-state index contributed by atoms with van der Waals surface area (Å²) in [6.07, 6.45) is 2.21. The molecule has 102 valence electrons. The standard InChI is InChI=1S/C15H19NO2S/c1-11(3-5-14-6-4-12(2)18-14)16-15(17)9-13-7-8-19-10-13/h4,6-8,10-11H,3,5,9H2,1-2H3,(H,16,17). The SMILES string of the molecule is Cc1ccc(CCC(C)NC(=O)Cc2ccsc2)o1. The molecule has 2 heterocycles. The summed E-state index contributed by atoms with van der Waals surface area (Å²) in [7, 11) is 0. The quantitative estimate of drug-likeness (QED) is 0.880. The van der Waals surface area contributed by atoms with Crippen molar-refractivity contribution in [2.45, 2.75) is 39.2 Å². The Hall–Kier alpha value is -1.55. The van der Waals surface area contributed by atoms with Crippen LogP contribution in [-0.2, 0) is 17.6 Å². The Labute approximate surface area is 117 Å². The van der Waals surface area contributed by atoms with Gasteiger partial charge in [-0.25, -0.2) is 0 Å². The minimum atomic E-state index is 0.0847. The minimum Gasteiger partial charge on any atom is -0.466 e. The number of furan rings is 1. The van der Waals surface area contributed by atoms with Gasteiger partial charge in [0.25, 0.3) is 0 Å². The maximum absolute atomic E-state index is 11.8. The van der Waals surface area contributed by atoms with Crippen LogP contribution in [0, 0.1) is 6.92 Å². The van der Waals surface area contributed by atoms with Gasteiger partial charge in [-0.2, -0.15) is 11.3 Å². The minimum absolute atomic E-state index is 0.0847. The molecule has 3 nitrogen and oxygen atoms in total. The molecule has 0 aliphatic heterocycles. The van der Waals surface area contributed by atoms with E-state index in [9.17, 15) is 4.79 Å². The predicted molar refractivity (Wildman–Crippen MR) is 77.4 cm³/mol. The van der Waals surface area contributed by atoms with Gasteiger partial charge in [-0.3, -0.25) is 4.79 Å². The third-order valence-electron chi connectivity index (χ3n) is 2.97. The molecule has 4 heteroatoms. The molecule has 2 rings (SSSR count). The zero-order chi connectivity index (χ0) is 13.7. The molecule has 0 saturated carbocycles. The highest BCUT2D eigenvalue weighted by Crippen LogP contribution is 2.10. The van der Waals surface area contributed by atoms with Crippen molar-refractivity contribution in [3.63, 3.8) is 0 Å². The van der Waals surface area contributed by atoms with Gasteiger partial charge in [0.1, 0.15) is 11.5 Å². The maximum atomic E-state index is 11.8. The van der Waals surface area contributed by atoms with Crippen LogP contribution in [0.15, 0.2) is 33.4 Å². The van der Waals surface area contributed by atoms with Gasteiger partial charge >= 0.3 is 0 Å². The Balaban J connectivity index is 1.71. The molecule has 1 unspecified atom stereocenters. The first-order valence-electron chi connectivity index (χ1n) is 6.49. The summed E-state index contributed by atoms with van der Waals surface area (Å²) >= 11 is 1.62. The largest absolute Gasteiger partial charge is 0.466 e. The molecule has 1 N–H and O–H groups in total. The van der Waals surface area contributed by atoms with Gasteiger partial charge in [0.2, 0.25) is 5.91 Å². The van der Waals surface area contributed by atoms with Crippen LogP contribution in [0.5, 0.6) is 0 Å². The van der Waals surface area contributed by atoms with Gasteiger partial charge in [0.05, 0.1) is 6.42 Å². The monoisotopic (exact) mass is 277 g/mol. The number of aryl methyl sites for hydroxylation is 2. The molecule has 0 aromatic carbocycles. The Kier molecular flexibility index (Phi) is 4.80. The molecule has 1 atom stereocenters. The van der Waals surface area contributed by atoms with Crippen LogP contribution >= 0.6 is 11.3 Å². The lowest BCUT2D eigenvalue weighted by Gasteiger charge is -2.12. The van der Waals surface area contributed by atoms with Gasteiger partial charge in [-0.05, 0) is 54.8 Å². The number of amides is 1. The fourth-order valence-corrected chi connectivity index (χ4v) is 2.62. The van der Waals surface area contributed by atoms with Crippen molar-refractivity contribution in [3.8, 4) is 0 Å². The topological polar surface area (TPSA) is 42.2 Å². The second-order valence-corrected chi connectivity index (χ2v) is 5.61. The van der Waals surface area contributed by atoms with Crippen LogP contribution < -0.4 is 5.32 Å². The smallest absolute Gasteiger partial charge is 0.224 e. The highest BCUT2D eigenvalue weighted by atomic mass is 32.1. The summed E-state index contributed by atoms with van der Waals surface area (Å²) in [6, 6.07) is 6.11. The number of hydrogen-bond donors (Lipinski definition) is 1. The normalized spacial score (nSPS) is 12.3. The first-order valence-corrected chi connectivity index (χ1v) is 7.43. The van der Waals surface area contributed by atoms with Crippen LogP contribution in [0.4, 0.5) is 0 Å². The van der Waals surface area contributed by atoms with Crippen molar-refractivity contribution in [2.75, 3.05) is 0 Å². The van der Waals surface area contributed by atoms with Crippen molar-refractivity contribution >= 4 is 17.2 Å². The first kappa shape index (κ1) is 13.9. The zero-order valence-electron chi connectivity index (χ0n) is 11.3. The van der Waals surface area contributed by atoms with E-state index in [0.29, 0.717) is 6.42 Å². The number of thiophene rings is 1. The molecule has 0 aliphatic rings. The third kappa shape index (κ3) is 4.56. The molecule has 1 amide bonds. The van der Waals surface area contributed by atoms with E-state index in [4.69, 9.17) is 4.42 Å². The van der Waals surface area contributed by atoms with Crippen LogP contribution in [-0.4, -0.2) is 11.9 Å². The van der Waals surface area contributed by atoms with E-state index >= 15 is 0 Å². The van der Waals surface area contributed by atoms with Crippen LogP contribution in [0.3, 0.4) is 0 Å². The lowest BCUT2D eigenvalue weighted by Crippen LogP contribution is -2.33. The average Bonchev–Trinajstić information content (AvgIpc) is 2.98. The van der Waals surface area contributed by atoms with Gasteiger partial charge < -0.3 is 9.73 Å². The van der Waals surface area contributed by atoms with Crippen LogP contribution in [0.2, 0.25) is 0 Å². The molecule has 0 saturated heterocycles. The highest BCUT2D eigenvalue weighted by molar-refractivity contribution is 7.07. The van der Waals surface area contributed by atoms with Gasteiger partial charge in [-0.1, -0.05) is 0 Å². The number of carbonyl (C=O) groups excluding carboxylic acids is 1. The van der Waals surface area contributed by atoms with Crippen molar-refractivity contribution < 1.29 is 9.21 Å². The zero-order valence-corrected chi connectivity index (χ0v) is 12.1. The number of nitrogens with one attached hydrogen (secondary N) is 1. The molecular weight excluding hydrogens is 258 g/mol. The number of rotatable bonds is 6. The first-order chi connectivity index (χ1) is 9.13. The van der Waals surface area contributed by atoms with E-state index in [-0.39, 0.29) is 11.9 Å². The van der Waals surface area contributed by atoms with Crippen LogP contribution in [0.1, 0.15) is 30.4 Å². The summed E-state index contributed by atoms with van der Waals surface area (Å²) in [5, 5.41) is 7.02. The van der Waals surface area contributed by atoms with E-state index in [2.05, 4.69) is 5.32 Å². The number of carbonyl (C=O) groups is 1. The third-order valence-corrected chi connectivity index (χ3v) is 3.70. The van der Waals surface area contributed by atoms with Crippen molar-refractivity contribution in [1.29, 1.82) is 0 Å². The molecule has 19 heavy (non-hydrogen) atoms. The van der Waals surface area contributed by atoms with E-state index < -0.39 is 0 Å². The summed E-state index contributed by atoms with van der Waals surface area (Å²) in [6.45, 7) is 3.97. The lowest BCUT2D eigenvalue weighted by atomic mass is 10.1. The fraction of sp³-hybridized carbons (Fsp3) is 0.400. The average molecular weight is 277 g/mol. The maximum Gasteiger partial charge on any atom is 0.224 e. The van der Waals surface area contributed by atoms with Crippen molar-refractivity contribution in [3.05, 3.63) is 46.0 Å². The summed E-state index contributed by atoms with van der Waals surface area (Å²) in [5.74, 6) is 2.00. The Morgan fingerprint density at radius 3 is 2.89 bits per heavy atom. The predicted octanol–water partition coefficient (Wildman–Crippen LogP) is 3.33. The second kappa shape index (κ2) is 6.57. The molecule has 2 aromatic heterocycles. The molecule has 0 aliphatic carbocycles. The highest BCUT2D eigenvalue weighted by Gasteiger charge is 2.09. The Morgan fingerprint density at radius 2 is 2.26 bits per heavy atom. The summed E-state index contributed by atoms with van der Waals surface area (Å²) in [5.41, 5.74) is 1.08. The lowest BCUT2D eigenvalue weighted by molar-refractivity contribution is -0.121. The molecule has 0 fully saturated rings. The van der Waals surface area contributed by atoms with Gasteiger partial charge in [-0.15, -0.1) is 0 Å². The van der Waals surface area contributed by atoms with E-state index in [0.717, 1.165) is 29.9 Å². The van der Waals surface area contributed by atoms with Crippen LogP contribution in [0.25, 0.3) is 0 Å². The van der Waals surface area contributed by atoms with E-state index in [1.54, 1.807) is 11.3 Å². The Morgan fingerprint density at radius 1 is 1.42 bits per heavy atom.